The maximum atomic E-state index is 12.2. The van der Waals surface area contributed by atoms with Crippen LogP contribution in [0, 0.1) is 0 Å². The number of nitrogens with one attached hydrogen (secondary N) is 1. The van der Waals surface area contributed by atoms with Crippen molar-refractivity contribution in [1.29, 1.82) is 0 Å². The fourth-order valence-corrected chi connectivity index (χ4v) is 4.35. The largest absolute Gasteiger partial charge is 0.302 e. The minimum atomic E-state index is -3.23. The van der Waals surface area contributed by atoms with E-state index in [0.29, 0.717) is 5.13 Å². The van der Waals surface area contributed by atoms with Gasteiger partial charge in [-0.1, -0.05) is 23.5 Å². The quantitative estimate of drug-likeness (QED) is 0.672. The van der Waals surface area contributed by atoms with Crippen molar-refractivity contribution in [2.45, 2.75) is 16.2 Å². The van der Waals surface area contributed by atoms with Crippen LogP contribution in [0.5, 0.6) is 0 Å². The smallest absolute Gasteiger partial charge is 0.230 e. The average molecular weight is 393 g/mol. The number of sulfone groups is 1. The lowest BCUT2D eigenvalue weighted by molar-refractivity contribution is -0.115. The van der Waals surface area contributed by atoms with Crippen LogP contribution < -0.4 is 5.32 Å². The second-order valence-corrected chi connectivity index (χ2v) is 9.42. The molecular formula is C17H16N2O3S3. The second kappa shape index (κ2) is 7.15. The molecule has 1 amide bonds. The van der Waals surface area contributed by atoms with Gasteiger partial charge in [0.1, 0.15) is 0 Å². The van der Waals surface area contributed by atoms with Crippen molar-refractivity contribution in [3.63, 3.8) is 0 Å². The Morgan fingerprint density at radius 1 is 1.20 bits per heavy atom. The Kier molecular flexibility index (Phi) is 5.12. The van der Waals surface area contributed by atoms with Gasteiger partial charge in [0.25, 0.3) is 0 Å². The summed E-state index contributed by atoms with van der Waals surface area (Å²) >= 11 is 3.10. The molecule has 25 heavy (non-hydrogen) atoms. The first-order valence-corrected chi connectivity index (χ1v) is 11.3. The molecule has 1 heterocycles. The summed E-state index contributed by atoms with van der Waals surface area (Å²) < 4.78 is 23.9. The van der Waals surface area contributed by atoms with E-state index >= 15 is 0 Å². The summed E-state index contributed by atoms with van der Waals surface area (Å²) in [6.45, 7) is 0. The first-order chi connectivity index (χ1) is 11.8. The van der Waals surface area contributed by atoms with E-state index in [1.807, 2.05) is 18.4 Å². The monoisotopic (exact) mass is 392 g/mol. The van der Waals surface area contributed by atoms with Crippen LogP contribution in [-0.2, 0) is 21.1 Å². The number of nitrogens with zero attached hydrogens (tertiary/aromatic N) is 1. The van der Waals surface area contributed by atoms with E-state index in [1.54, 1.807) is 23.9 Å². The summed E-state index contributed by atoms with van der Waals surface area (Å²) in [4.78, 5) is 18.0. The zero-order valence-electron chi connectivity index (χ0n) is 13.6. The van der Waals surface area contributed by atoms with E-state index < -0.39 is 9.84 Å². The van der Waals surface area contributed by atoms with Gasteiger partial charge in [-0.15, -0.1) is 11.8 Å². The molecule has 3 rings (SSSR count). The molecule has 0 atom stereocenters. The van der Waals surface area contributed by atoms with Gasteiger partial charge in [0.15, 0.2) is 15.0 Å². The van der Waals surface area contributed by atoms with Crippen LogP contribution in [0.1, 0.15) is 5.56 Å². The maximum absolute atomic E-state index is 12.2. The first-order valence-electron chi connectivity index (χ1n) is 7.38. The lowest BCUT2D eigenvalue weighted by Crippen LogP contribution is -2.14. The Bertz CT molecular complexity index is 1020. The van der Waals surface area contributed by atoms with E-state index in [0.717, 1.165) is 26.9 Å². The molecule has 0 fully saturated rings. The van der Waals surface area contributed by atoms with Gasteiger partial charge in [0.05, 0.1) is 21.5 Å². The molecule has 1 aromatic heterocycles. The lowest BCUT2D eigenvalue weighted by Gasteiger charge is -2.03. The topological polar surface area (TPSA) is 76.1 Å². The number of hydrogen-bond donors (Lipinski definition) is 1. The zero-order valence-corrected chi connectivity index (χ0v) is 16.1. The summed E-state index contributed by atoms with van der Waals surface area (Å²) in [6.07, 6.45) is 3.33. The molecular weight excluding hydrogens is 376 g/mol. The van der Waals surface area contributed by atoms with Crippen molar-refractivity contribution in [2.75, 3.05) is 17.8 Å². The van der Waals surface area contributed by atoms with Crippen LogP contribution in [0.25, 0.3) is 10.2 Å². The van der Waals surface area contributed by atoms with Crippen molar-refractivity contribution in [1.82, 2.24) is 4.98 Å². The summed E-state index contributed by atoms with van der Waals surface area (Å²) in [5.74, 6) is -0.184. The number of rotatable bonds is 5. The van der Waals surface area contributed by atoms with Crippen LogP contribution in [0.15, 0.2) is 52.3 Å². The van der Waals surface area contributed by atoms with E-state index in [-0.39, 0.29) is 17.2 Å². The summed E-state index contributed by atoms with van der Waals surface area (Å²) in [7, 11) is -3.23. The van der Waals surface area contributed by atoms with Gasteiger partial charge in [-0.2, -0.15) is 0 Å². The Balaban J connectivity index is 1.70. The first kappa shape index (κ1) is 17.9. The molecule has 1 N–H and O–H groups in total. The van der Waals surface area contributed by atoms with Gasteiger partial charge in [0, 0.05) is 11.2 Å². The van der Waals surface area contributed by atoms with Crippen LogP contribution in [0.4, 0.5) is 5.13 Å². The number of benzene rings is 2. The van der Waals surface area contributed by atoms with Crippen molar-refractivity contribution in [3.8, 4) is 0 Å². The molecule has 0 radical (unpaired) electrons. The highest BCUT2D eigenvalue weighted by Gasteiger charge is 2.11. The minimum Gasteiger partial charge on any atom is -0.302 e. The number of aromatic nitrogens is 1. The molecule has 8 heteroatoms. The SMILES string of the molecule is CSc1ccc2nc(NC(=O)Cc3ccc(S(C)(=O)=O)cc3)sc2c1. The predicted octanol–water partition coefficient (Wildman–Crippen LogP) is 3.60. The van der Waals surface area contributed by atoms with Crippen molar-refractivity contribution in [2.24, 2.45) is 0 Å². The average Bonchev–Trinajstić information content (AvgIpc) is 2.95. The van der Waals surface area contributed by atoms with Gasteiger partial charge in [-0.3, -0.25) is 4.79 Å². The van der Waals surface area contributed by atoms with Crippen LogP contribution in [0.3, 0.4) is 0 Å². The Hall–Kier alpha value is -1.90. The van der Waals surface area contributed by atoms with E-state index in [9.17, 15) is 13.2 Å². The van der Waals surface area contributed by atoms with Gasteiger partial charge >= 0.3 is 0 Å². The third kappa shape index (κ3) is 4.39. The molecule has 130 valence electrons. The van der Waals surface area contributed by atoms with Crippen LogP contribution in [-0.4, -0.2) is 31.8 Å². The minimum absolute atomic E-state index is 0.163. The van der Waals surface area contributed by atoms with E-state index in [4.69, 9.17) is 0 Å². The van der Waals surface area contributed by atoms with E-state index in [1.165, 1.54) is 23.5 Å². The highest BCUT2D eigenvalue weighted by molar-refractivity contribution is 7.98. The number of carbonyl (C=O) groups is 1. The van der Waals surface area contributed by atoms with Crippen LogP contribution >= 0.6 is 23.1 Å². The second-order valence-electron chi connectivity index (χ2n) is 5.49. The Morgan fingerprint density at radius 3 is 2.56 bits per heavy atom. The van der Waals surface area contributed by atoms with Crippen LogP contribution in [0.2, 0.25) is 0 Å². The Labute approximate surface area is 154 Å². The molecule has 0 spiro atoms. The fourth-order valence-electron chi connectivity index (χ4n) is 2.29. The summed E-state index contributed by atoms with van der Waals surface area (Å²) in [5, 5.41) is 3.37. The number of thioether (sulfide) groups is 1. The number of thiazole rings is 1. The molecule has 0 aliphatic carbocycles. The van der Waals surface area contributed by atoms with Gasteiger partial charge < -0.3 is 5.32 Å². The van der Waals surface area contributed by atoms with Crippen molar-refractivity contribution in [3.05, 3.63) is 48.0 Å². The molecule has 0 aliphatic rings. The van der Waals surface area contributed by atoms with Gasteiger partial charge in [-0.25, -0.2) is 13.4 Å². The molecule has 0 saturated carbocycles. The van der Waals surface area contributed by atoms with Gasteiger partial charge in [0.2, 0.25) is 5.91 Å². The lowest BCUT2D eigenvalue weighted by atomic mass is 10.1. The number of hydrogen-bond acceptors (Lipinski definition) is 6. The highest BCUT2D eigenvalue weighted by Crippen LogP contribution is 2.29. The normalized spacial score (nSPS) is 11.6. The third-order valence-corrected chi connectivity index (χ3v) is 6.35. The maximum Gasteiger partial charge on any atom is 0.230 e. The van der Waals surface area contributed by atoms with Crippen molar-refractivity contribution < 1.29 is 13.2 Å². The third-order valence-electron chi connectivity index (χ3n) is 3.56. The summed E-state index contributed by atoms with van der Waals surface area (Å²) in [5.41, 5.74) is 1.60. The fraction of sp³-hybridized carbons (Fsp3) is 0.176. The molecule has 0 unspecified atom stereocenters. The van der Waals surface area contributed by atoms with Crippen molar-refractivity contribution >= 4 is 54.2 Å². The summed E-state index contributed by atoms with van der Waals surface area (Å²) in [6, 6.07) is 12.3. The highest BCUT2D eigenvalue weighted by atomic mass is 32.2. The molecule has 0 saturated heterocycles. The Morgan fingerprint density at radius 2 is 1.92 bits per heavy atom. The number of carbonyl (C=O) groups excluding carboxylic acids is 1. The molecule has 0 bridgehead atoms. The van der Waals surface area contributed by atoms with Gasteiger partial charge in [-0.05, 0) is 42.2 Å². The number of fused-ring (bicyclic) bond motifs is 1. The standard InChI is InChI=1S/C17H16N2O3S3/c1-23-12-5-8-14-15(10-12)24-17(18-14)19-16(20)9-11-3-6-13(7-4-11)25(2,21)22/h3-8,10H,9H2,1-2H3,(H,18,19,20). The molecule has 3 aromatic rings. The molecule has 0 aliphatic heterocycles. The number of amides is 1. The predicted molar refractivity (Wildman–Crippen MR) is 103 cm³/mol. The zero-order chi connectivity index (χ0) is 18.0. The van der Waals surface area contributed by atoms with E-state index in [2.05, 4.69) is 16.4 Å². The molecule has 5 nitrogen and oxygen atoms in total. The molecule has 2 aromatic carbocycles. The number of anilines is 1.